The van der Waals surface area contributed by atoms with Gasteiger partial charge in [-0.1, -0.05) is 6.07 Å². The van der Waals surface area contributed by atoms with Gasteiger partial charge in [-0.05, 0) is 37.0 Å². The molecule has 1 atom stereocenters. The van der Waals surface area contributed by atoms with Gasteiger partial charge >= 0.3 is 0 Å². The Morgan fingerprint density at radius 2 is 2.00 bits per heavy atom. The van der Waals surface area contributed by atoms with Crippen LogP contribution in [0, 0.1) is 0 Å². The molecule has 2 aliphatic rings. The highest BCUT2D eigenvalue weighted by Gasteiger charge is 2.47. The minimum Gasteiger partial charge on any atom is -0.338 e. The van der Waals surface area contributed by atoms with E-state index in [1.54, 1.807) is 18.6 Å². The minimum absolute atomic E-state index is 0.107. The molecule has 0 N–H and O–H groups in total. The molecule has 2 fully saturated rings. The number of anilines is 1. The molecule has 124 valence electrons. The molecule has 4 rings (SSSR count). The summed E-state index contributed by atoms with van der Waals surface area (Å²) in [7, 11) is 0. The lowest BCUT2D eigenvalue weighted by Gasteiger charge is -2.46. The van der Waals surface area contributed by atoms with E-state index in [-0.39, 0.29) is 11.4 Å². The molecular weight excluding hydrogens is 302 g/mol. The van der Waals surface area contributed by atoms with E-state index >= 15 is 0 Å². The van der Waals surface area contributed by atoms with Crippen LogP contribution < -0.4 is 4.90 Å². The van der Waals surface area contributed by atoms with Crippen LogP contribution in [-0.4, -0.2) is 44.4 Å². The molecule has 4 heterocycles. The van der Waals surface area contributed by atoms with E-state index in [0.717, 1.165) is 43.9 Å². The molecule has 1 spiro atoms. The molecule has 6 nitrogen and oxygen atoms in total. The summed E-state index contributed by atoms with van der Waals surface area (Å²) in [6, 6.07) is 5.79. The SMILES string of the molecule is O=C1CCC2(CCCN(c3ncccn3)C2)N1Cc1cccnc1. The third-order valence-electron chi connectivity index (χ3n) is 5.13. The zero-order valence-electron chi connectivity index (χ0n) is 13.6. The van der Waals surface area contributed by atoms with Crippen molar-refractivity contribution in [3.05, 3.63) is 48.5 Å². The Bertz CT molecular complexity index is 708. The fraction of sp³-hybridized carbons (Fsp3) is 0.444. The lowest BCUT2D eigenvalue weighted by Crippen LogP contribution is -2.56. The molecule has 24 heavy (non-hydrogen) atoms. The van der Waals surface area contributed by atoms with Crippen molar-refractivity contribution in [1.29, 1.82) is 0 Å². The van der Waals surface area contributed by atoms with Gasteiger partial charge in [0.1, 0.15) is 0 Å². The van der Waals surface area contributed by atoms with Gasteiger partial charge in [-0.3, -0.25) is 9.78 Å². The maximum absolute atomic E-state index is 12.6. The number of carbonyl (C=O) groups is 1. The van der Waals surface area contributed by atoms with Gasteiger partial charge in [0.2, 0.25) is 11.9 Å². The fourth-order valence-corrected chi connectivity index (χ4v) is 3.97. The standard InChI is InChI=1S/C18H21N5O/c24-16-5-7-18(23(16)13-15-4-1-8-19-12-15)6-2-11-22(14-18)17-20-9-3-10-21-17/h1,3-4,8-10,12H,2,5-7,11,13-14H2. The number of hydrogen-bond donors (Lipinski definition) is 0. The third-order valence-corrected chi connectivity index (χ3v) is 5.13. The average Bonchev–Trinajstić information content (AvgIpc) is 2.93. The van der Waals surface area contributed by atoms with Gasteiger partial charge in [0, 0.05) is 50.8 Å². The van der Waals surface area contributed by atoms with E-state index in [2.05, 4.69) is 24.8 Å². The zero-order valence-corrected chi connectivity index (χ0v) is 13.6. The summed E-state index contributed by atoms with van der Waals surface area (Å²) in [4.78, 5) is 29.8. The smallest absolute Gasteiger partial charge is 0.225 e. The summed E-state index contributed by atoms with van der Waals surface area (Å²) in [6.07, 6.45) is 10.8. The Kier molecular flexibility index (Phi) is 3.88. The van der Waals surface area contributed by atoms with Crippen LogP contribution in [0.2, 0.25) is 0 Å². The van der Waals surface area contributed by atoms with Gasteiger partial charge in [-0.25, -0.2) is 9.97 Å². The van der Waals surface area contributed by atoms with Gasteiger partial charge < -0.3 is 9.80 Å². The first-order chi connectivity index (χ1) is 11.8. The van der Waals surface area contributed by atoms with Crippen molar-refractivity contribution in [3.8, 4) is 0 Å². The highest BCUT2D eigenvalue weighted by Crippen LogP contribution is 2.39. The number of aromatic nitrogens is 3. The van der Waals surface area contributed by atoms with Crippen molar-refractivity contribution >= 4 is 11.9 Å². The average molecular weight is 323 g/mol. The van der Waals surface area contributed by atoms with Crippen LogP contribution in [0.5, 0.6) is 0 Å². The number of hydrogen-bond acceptors (Lipinski definition) is 5. The fourth-order valence-electron chi connectivity index (χ4n) is 3.97. The van der Waals surface area contributed by atoms with Crippen molar-refractivity contribution in [2.45, 2.75) is 37.8 Å². The first-order valence-electron chi connectivity index (χ1n) is 8.48. The molecule has 6 heteroatoms. The van der Waals surface area contributed by atoms with Gasteiger partial charge in [-0.2, -0.15) is 0 Å². The quantitative estimate of drug-likeness (QED) is 0.865. The van der Waals surface area contributed by atoms with Crippen LogP contribution in [0.15, 0.2) is 43.0 Å². The van der Waals surface area contributed by atoms with E-state index < -0.39 is 0 Å². The molecule has 1 amide bonds. The van der Waals surface area contributed by atoms with Gasteiger partial charge in [-0.15, -0.1) is 0 Å². The highest BCUT2D eigenvalue weighted by atomic mass is 16.2. The van der Waals surface area contributed by atoms with Crippen molar-refractivity contribution in [2.75, 3.05) is 18.0 Å². The van der Waals surface area contributed by atoms with Crippen molar-refractivity contribution in [2.24, 2.45) is 0 Å². The van der Waals surface area contributed by atoms with Crippen molar-refractivity contribution in [3.63, 3.8) is 0 Å². The molecule has 2 aromatic rings. The van der Waals surface area contributed by atoms with E-state index in [4.69, 9.17) is 0 Å². The van der Waals surface area contributed by atoms with Crippen molar-refractivity contribution < 1.29 is 4.79 Å². The zero-order chi connectivity index (χ0) is 16.4. The highest BCUT2D eigenvalue weighted by molar-refractivity contribution is 5.80. The Hall–Kier alpha value is -2.50. The number of rotatable bonds is 3. The second-order valence-electron chi connectivity index (χ2n) is 6.64. The number of piperidine rings is 1. The van der Waals surface area contributed by atoms with Crippen LogP contribution in [0.3, 0.4) is 0 Å². The predicted molar refractivity (Wildman–Crippen MR) is 90.2 cm³/mol. The summed E-state index contributed by atoms with van der Waals surface area (Å²) in [5.74, 6) is 1.01. The Morgan fingerprint density at radius 3 is 2.79 bits per heavy atom. The molecule has 0 aliphatic carbocycles. The minimum atomic E-state index is -0.107. The second kappa shape index (κ2) is 6.19. The molecule has 2 aliphatic heterocycles. The molecule has 1 unspecified atom stereocenters. The maximum Gasteiger partial charge on any atom is 0.225 e. The van der Waals surface area contributed by atoms with Gasteiger partial charge in [0.15, 0.2) is 0 Å². The molecule has 0 bridgehead atoms. The summed E-state index contributed by atoms with van der Waals surface area (Å²) >= 11 is 0. The lowest BCUT2D eigenvalue weighted by molar-refractivity contribution is -0.132. The van der Waals surface area contributed by atoms with E-state index in [9.17, 15) is 4.79 Å². The third kappa shape index (κ3) is 2.72. The van der Waals surface area contributed by atoms with Gasteiger partial charge in [0.05, 0.1) is 5.54 Å². The topological polar surface area (TPSA) is 62.2 Å². The number of nitrogens with zero attached hydrogens (tertiary/aromatic N) is 5. The monoisotopic (exact) mass is 323 g/mol. The van der Waals surface area contributed by atoms with E-state index in [1.165, 1.54) is 0 Å². The Balaban J connectivity index is 1.59. The van der Waals surface area contributed by atoms with Gasteiger partial charge in [0.25, 0.3) is 0 Å². The number of pyridine rings is 1. The van der Waals surface area contributed by atoms with Crippen molar-refractivity contribution in [1.82, 2.24) is 19.9 Å². The summed E-state index contributed by atoms with van der Waals surface area (Å²) in [5.41, 5.74) is 0.977. The predicted octanol–water partition coefficient (Wildman–Crippen LogP) is 2.03. The summed E-state index contributed by atoms with van der Waals surface area (Å²) in [5, 5.41) is 0. The van der Waals surface area contributed by atoms with Crippen LogP contribution in [-0.2, 0) is 11.3 Å². The Labute approximate surface area is 141 Å². The van der Waals surface area contributed by atoms with E-state index in [0.29, 0.717) is 13.0 Å². The van der Waals surface area contributed by atoms with Crippen LogP contribution in [0.1, 0.15) is 31.2 Å². The molecule has 0 radical (unpaired) electrons. The number of likely N-dealkylation sites (tertiary alicyclic amines) is 1. The molecule has 2 aromatic heterocycles. The molecule has 0 saturated carbocycles. The van der Waals surface area contributed by atoms with Crippen LogP contribution >= 0.6 is 0 Å². The largest absolute Gasteiger partial charge is 0.338 e. The molecule has 2 saturated heterocycles. The molecular formula is C18H21N5O. The maximum atomic E-state index is 12.6. The first kappa shape index (κ1) is 15.1. The van der Waals surface area contributed by atoms with Crippen LogP contribution in [0.4, 0.5) is 5.95 Å². The summed E-state index contributed by atoms with van der Waals surface area (Å²) < 4.78 is 0. The Morgan fingerprint density at radius 1 is 1.12 bits per heavy atom. The lowest BCUT2D eigenvalue weighted by atomic mass is 9.86. The molecule has 0 aromatic carbocycles. The second-order valence-corrected chi connectivity index (χ2v) is 6.64. The number of amides is 1. The normalized spacial score (nSPS) is 23.9. The number of carbonyl (C=O) groups excluding carboxylic acids is 1. The summed E-state index contributed by atoms with van der Waals surface area (Å²) in [6.45, 7) is 2.39. The first-order valence-corrected chi connectivity index (χ1v) is 8.48. The van der Waals surface area contributed by atoms with Crippen LogP contribution in [0.25, 0.3) is 0 Å². The van der Waals surface area contributed by atoms with E-state index in [1.807, 2.05) is 24.4 Å².